The first-order valence-corrected chi connectivity index (χ1v) is 8.31. The highest BCUT2D eigenvalue weighted by Crippen LogP contribution is 2.17. The Kier molecular flexibility index (Phi) is 5.46. The zero-order valence-electron chi connectivity index (χ0n) is 14.2. The van der Waals surface area contributed by atoms with Crippen LogP contribution in [0, 0.1) is 0 Å². The Hall–Kier alpha value is -3.08. The van der Waals surface area contributed by atoms with Crippen LogP contribution in [0.15, 0.2) is 67.1 Å². The van der Waals surface area contributed by atoms with Gasteiger partial charge in [0.2, 0.25) is 0 Å². The van der Waals surface area contributed by atoms with Crippen molar-refractivity contribution in [2.75, 3.05) is 6.61 Å². The maximum atomic E-state index is 12.6. The van der Waals surface area contributed by atoms with Crippen LogP contribution in [-0.4, -0.2) is 22.1 Å². The molecule has 3 rings (SSSR count). The molecular formula is C20H21N3O2. The molecule has 0 aliphatic carbocycles. The molecule has 128 valence electrons. The molecular weight excluding hydrogens is 314 g/mol. The van der Waals surface area contributed by atoms with Gasteiger partial charge in [0.1, 0.15) is 11.4 Å². The molecule has 0 atom stereocenters. The molecule has 1 aromatic carbocycles. The van der Waals surface area contributed by atoms with Crippen molar-refractivity contribution in [1.82, 2.24) is 14.9 Å². The molecule has 5 nitrogen and oxygen atoms in total. The standard InChI is InChI=1S/C20H21N3O2/c1-2-25-19-8-4-3-6-17(19)14-22-20(24)18-7-5-13-23(18)15-16-9-11-21-12-10-16/h3-13H,2,14-15H2,1H3,(H,22,24). The number of hydrogen-bond donors (Lipinski definition) is 1. The van der Waals surface area contributed by atoms with Crippen LogP contribution < -0.4 is 10.1 Å². The molecule has 2 aromatic heterocycles. The van der Waals surface area contributed by atoms with E-state index in [1.807, 2.05) is 66.2 Å². The van der Waals surface area contributed by atoms with Crippen molar-refractivity contribution < 1.29 is 9.53 Å². The lowest BCUT2D eigenvalue weighted by molar-refractivity contribution is 0.0942. The molecule has 0 unspecified atom stereocenters. The fraction of sp³-hybridized carbons (Fsp3) is 0.200. The summed E-state index contributed by atoms with van der Waals surface area (Å²) >= 11 is 0. The molecule has 25 heavy (non-hydrogen) atoms. The summed E-state index contributed by atoms with van der Waals surface area (Å²) in [5.74, 6) is 0.697. The quantitative estimate of drug-likeness (QED) is 0.721. The molecule has 0 aliphatic rings. The SMILES string of the molecule is CCOc1ccccc1CNC(=O)c1cccn1Cc1ccncc1. The topological polar surface area (TPSA) is 56.1 Å². The van der Waals surface area contributed by atoms with Crippen molar-refractivity contribution in [3.8, 4) is 5.75 Å². The number of benzene rings is 1. The molecule has 0 spiro atoms. The number of pyridine rings is 1. The zero-order valence-corrected chi connectivity index (χ0v) is 14.2. The van der Waals surface area contributed by atoms with Crippen LogP contribution in [0.1, 0.15) is 28.5 Å². The molecule has 1 amide bonds. The Bertz CT molecular complexity index is 828. The van der Waals surface area contributed by atoms with Crippen molar-refractivity contribution in [3.63, 3.8) is 0 Å². The molecule has 0 radical (unpaired) electrons. The summed E-state index contributed by atoms with van der Waals surface area (Å²) in [4.78, 5) is 16.6. The Labute approximate surface area is 147 Å². The van der Waals surface area contributed by atoms with Gasteiger partial charge < -0.3 is 14.6 Å². The van der Waals surface area contributed by atoms with E-state index in [1.54, 1.807) is 12.4 Å². The smallest absolute Gasteiger partial charge is 0.268 e. The lowest BCUT2D eigenvalue weighted by Crippen LogP contribution is -2.25. The van der Waals surface area contributed by atoms with Gasteiger partial charge in [-0.15, -0.1) is 0 Å². The number of hydrogen-bond acceptors (Lipinski definition) is 3. The van der Waals surface area contributed by atoms with Gasteiger partial charge in [0, 0.05) is 37.2 Å². The average molecular weight is 335 g/mol. The highest BCUT2D eigenvalue weighted by atomic mass is 16.5. The van der Waals surface area contributed by atoms with Crippen LogP contribution in [0.25, 0.3) is 0 Å². The van der Waals surface area contributed by atoms with Crippen LogP contribution in [0.5, 0.6) is 5.75 Å². The molecule has 0 saturated carbocycles. The first-order chi connectivity index (χ1) is 12.3. The second kappa shape index (κ2) is 8.15. The summed E-state index contributed by atoms with van der Waals surface area (Å²) in [6.07, 6.45) is 5.41. The summed E-state index contributed by atoms with van der Waals surface area (Å²) in [7, 11) is 0. The van der Waals surface area contributed by atoms with Gasteiger partial charge >= 0.3 is 0 Å². The summed E-state index contributed by atoms with van der Waals surface area (Å²) in [5, 5.41) is 2.97. The normalized spacial score (nSPS) is 10.4. The predicted molar refractivity (Wildman–Crippen MR) is 96.6 cm³/mol. The number of aromatic nitrogens is 2. The number of carbonyl (C=O) groups is 1. The van der Waals surface area contributed by atoms with Crippen molar-refractivity contribution in [3.05, 3.63) is 83.9 Å². The van der Waals surface area contributed by atoms with E-state index in [4.69, 9.17) is 4.74 Å². The second-order valence-electron chi connectivity index (χ2n) is 5.60. The maximum Gasteiger partial charge on any atom is 0.268 e. The average Bonchev–Trinajstić information content (AvgIpc) is 3.10. The lowest BCUT2D eigenvalue weighted by atomic mass is 10.2. The van der Waals surface area contributed by atoms with Crippen molar-refractivity contribution in [2.45, 2.75) is 20.0 Å². The summed E-state index contributed by atoms with van der Waals surface area (Å²) < 4.78 is 7.53. The van der Waals surface area contributed by atoms with Gasteiger partial charge in [-0.25, -0.2) is 0 Å². The zero-order chi connectivity index (χ0) is 17.5. The monoisotopic (exact) mass is 335 g/mol. The molecule has 5 heteroatoms. The number of para-hydroxylation sites is 1. The fourth-order valence-corrected chi connectivity index (χ4v) is 2.66. The minimum atomic E-state index is -0.106. The van der Waals surface area contributed by atoms with Crippen LogP contribution in [0.2, 0.25) is 0 Å². The molecule has 0 fully saturated rings. The van der Waals surface area contributed by atoms with E-state index in [2.05, 4.69) is 10.3 Å². The Balaban J connectivity index is 1.68. The summed E-state index contributed by atoms with van der Waals surface area (Å²) in [5.41, 5.74) is 2.69. The largest absolute Gasteiger partial charge is 0.494 e. The van der Waals surface area contributed by atoms with Gasteiger partial charge in [-0.05, 0) is 42.8 Å². The number of nitrogens with zero attached hydrogens (tertiary/aromatic N) is 2. The molecule has 0 bridgehead atoms. The number of ether oxygens (including phenoxy) is 1. The van der Waals surface area contributed by atoms with Gasteiger partial charge in [-0.3, -0.25) is 9.78 Å². The van der Waals surface area contributed by atoms with Crippen LogP contribution in [-0.2, 0) is 13.1 Å². The lowest BCUT2D eigenvalue weighted by Gasteiger charge is -2.12. The predicted octanol–water partition coefficient (Wildman–Crippen LogP) is 3.26. The van der Waals surface area contributed by atoms with Crippen LogP contribution in [0.3, 0.4) is 0 Å². The minimum absolute atomic E-state index is 0.106. The van der Waals surface area contributed by atoms with E-state index in [0.717, 1.165) is 16.9 Å². The highest BCUT2D eigenvalue weighted by Gasteiger charge is 2.12. The fourth-order valence-electron chi connectivity index (χ4n) is 2.66. The first kappa shape index (κ1) is 16.8. The summed E-state index contributed by atoms with van der Waals surface area (Å²) in [6, 6.07) is 15.3. The third-order valence-electron chi connectivity index (χ3n) is 3.88. The van der Waals surface area contributed by atoms with Crippen LogP contribution in [0.4, 0.5) is 0 Å². The Morgan fingerprint density at radius 2 is 1.92 bits per heavy atom. The third kappa shape index (κ3) is 4.26. The number of amides is 1. The highest BCUT2D eigenvalue weighted by molar-refractivity contribution is 5.92. The molecule has 1 N–H and O–H groups in total. The van der Waals surface area contributed by atoms with E-state index >= 15 is 0 Å². The van der Waals surface area contributed by atoms with Gasteiger partial charge in [0.05, 0.1) is 6.61 Å². The maximum absolute atomic E-state index is 12.6. The van der Waals surface area contributed by atoms with Gasteiger partial charge in [0.15, 0.2) is 0 Å². The third-order valence-corrected chi connectivity index (χ3v) is 3.88. The van der Waals surface area contributed by atoms with Crippen molar-refractivity contribution in [1.29, 1.82) is 0 Å². The van der Waals surface area contributed by atoms with E-state index in [0.29, 0.717) is 25.4 Å². The summed E-state index contributed by atoms with van der Waals surface area (Å²) in [6.45, 7) is 3.60. The number of rotatable bonds is 7. The molecule has 3 aromatic rings. The van der Waals surface area contributed by atoms with Gasteiger partial charge in [-0.2, -0.15) is 0 Å². The second-order valence-corrected chi connectivity index (χ2v) is 5.60. The van der Waals surface area contributed by atoms with E-state index in [9.17, 15) is 4.79 Å². The Morgan fingerprint density at radius 1 is 1.12 bits per heavy atom. The van der Waals surface area contributed by atoms with Gasteiger partial charge in [-0.1, -0.05) is 18.2 Å². The van der Waals surface area contributed by atoms with Gasteiger partial charge in [0.25, 0.3) is 5.91 Å². The van der Waals surface area contributed by atoms with Crippen molar-refractivity contribution >= 4 is 5.91 Å². The van der Waals surface area contributed by atoms with E-state index < -0.39 is 0 Å². The van der Waals surface area contributed by atoms with E-state index in [-0.39, 0.29) is 5.91 Å². The number of carbonyl (C=O) groups excluding carboxylic acids is 1. The molecule has 0 aliphatic heterocycles. The first-order valence-electron chi connectivity index (χ1n) is 8.31. The van der Waals surface area contributed by atoms with E-state index in [1.165, 1.54) is 0 Å². The Morgan fingerprint density at radius 3 is 2.72 bits per heavy atom. The molecule has 0 saturated heterocycles. The number of nitrogens with one attached hydrogen (secondary N) is 1. The minimum Gasteiger partial charge on any atom is -0.494 e. The van der Waals surface area contributed by atoms with Crippen molar-refractivity contribution in [2.24, 2.45) is 0 Å². The van der Waals surface area contributed by atoms with Crippen LogP contribution >= 0.6 is 0 Å². The molecule has 2 heterocycles.